The maximum Gasteiger partial charge on any atom is 0.272 e. The van der Waals surface area contributed by atoms with Gasteiger partial charge >= 0.3 is 0 Å². The van der Waals surface area contributed by atoms with Crippen LogP contribution in [0.5, 0.6) is 0 Å². The Morgan fingerprint density at radius 2 is 2.22 bits per heavy atom. The zero-order valence-corrected chi connectivity index (χ0v) is 11.5. The van der Waals surface area contributed by atoms with Crippen LogP contribution in [0.1, 0.15) is 36.5 Å². The molecule has 1 aliphatic rings. The number of amides is 1. The first-order valence-corrected chi connectivity index (χ1v) is 6.30. The van der Waals surface area contributed by atoms with Gasteiger partial charge in [0.15, 0.2) is 0 Å². The van der Waals surface area contributed by atoms with Crippen molar-refractivity contribution in [3.8, 4) is 0 Å². The molecule has 1 aliphatic heterocycles. The zero-order valence-electron chi connectivity index (χ0n) is 11.5. The molecule has 0 radical (unpaired) electrons. The third-order valence-electron chi connectivity index (χ3n) is 3.80. The normalized spacial score (nSPS) is 20.5. The third kappa shape index (κ3) is 2.27. The highest BCUT2D eigenvalue weighted by Gasteiger charge is 2.36. The molecule has 5 nitrogen and oxygen atoms in total. The summed E-state index contributed by atoms with van der Waals surface area (Å²) >= 11 is 0. The molecule has 100 valence electrons. The van der Waals surface area contributed by atoms with E-state index in [1.54, 1.807) is 24.7 Å². The highest BCUT2D eigenvalue weighted by molar-refractivity contribution is 5.93. The fraction of sp³-hybridized carbons (Fsp3) is 0.692. The SMILES string of the molecule is Cc1ncn(C)c1C(=O)N1CC[C@@H](C(C)(C)O)C1. The van der Waals surface area contributed by atoms with E-state index in [0.29, 0.717) is 18.8 Å². The van der Waals surface area contributed by atoms with Gasteiger partial charge in [0.25, 0.3) is 5.91 Å². The van der Waals surface area contributed by atoms with Crippen molar-refractivity contribution in [2.24, 2.45) is 13.0 Å². The Balaban J connectivity index is 2.13. The van der Waals surface area contributed by atoms with E-state index in [-0.39, 0.29) is 11.8 Å². The number of nitrogens with zero attached hydrogens (tertiary/aromatic N) is 3. The summed E-state index contributed by atoms with van der Waals surface area (Å²) in [4.78, 5) is 18.4. The number of carbonyl (C=O) groups excluding carboxylic acids is 1. The van der Waals surface area contributed by atoms with E-state index in [2.05, 4.69) is 4.98 Å². The second kappa shape index (κ2) is 4.39. The maximum atomic E-state index is 12.4. The molecule has 1 atom stereocenters. The molecule has 1 fully saturated rings. The summed E-state index contributed by atoms with van der Waals surface area (Å²) in [5, 5.41) is 10.0. The molecule has 1 aromatic rings. The molecule has 0 spiro atoms. The van der Waals surface area contributed by atoms with Crippen molar-refractivity contribution in [1.29, 1.82) is 0 Å². The van der Waals surface area contributed by atoms with Crippen LogP contribution in [0.15, 0.2) is 6.33 Å². The fourth-order valence-electron chi connectivity index (χ4n) is 2.52. The molecule has 0 bridgehead atoms. The average Bonchev–Trinajstić information content (AvgIpc) is 2.84. The van der Waals surface area contributed by atoms with Crippen LogP contribution in [0.25, 0.3) is 0 Å². The van der Waals surface area contributed by atoms with E-state index in [1.807, 2.05) is 18.9 Å². The summed E-state index contributed by atoms with van der Waals surface area (Å²) in [5.41, 5.74) is 0.678. The van der Waals surface area contributed by atoms with Gasteiger partial charge in [0.2, 0.25) is 0 Å². The molecule has 1 amide bonds. The van der Waals surface area contributed by atoms with Crippen LogP contribution in [-0.2, 0) is 7.05 Å². The van der Waals surface area contributed by atoms with Crippen molar-refractivity contribution >= 4 is 5.91 Å². The van der Waals surface area contributed by atoms with Gasteiger partial charge in [0.1, 0.15) is 5.69 Å². The smallest absolute Gasteiger partial charge is 0.272 e. The van der Waals surface area contributed by atoms with Crippen molar-refractivity contribution in [2.45, 2.75) is 32.8 Å². The zero-order chi connectivity index (χ0) is 13.5. The standard InChI is InChI=1S/C13H21N3O2/c1-9-11(15(4)8-14-9)12(17)16-6-5-10(7-16)13(2,3)18/h8,10,18H,5-7H2,1-4H3/t10-/m1/s1. The predicted molar refractivity (Wildman–Crippen MR) is 68.3 cm³/mol. The van der Waals surface area contributed by atoms with E-state index in [0.717, 1.165) is 12.1 Å². The number of carbonyl (C=O) groups is 1. The highest BCUT2D eigenvalue weighted by atomic mass is 16.3. The Labute approximate surface area is 107 Å². The second-order valence-electron chi connectivity index (χ2n) is 5.68. The molecule has 1 aromatic heterocycles. The van der Waals surface area contributed by atoms with Crippen LogP contribution < -0.4 is 0 Å². The van der Waals surface area contributed by atoms with Crippen molar-refractivity contribution in [1.82, 2.24) is 14.5 Å². The van der Waals surface area contributed by atoms with Crippen LogP contribution in [0.4, 0.5) is 0 Å². The van der Waals surface area contributed by atoms with Crippen LogP contribution in [0.2, 0.25) is 0 Å². The topological polar surface area (TPSA) is 58.4 Å². The quantitative estimate of drug-likeness (QED) is 0.851. The van der Waals surface area contributed by atoms with E-state index < -0.39 is 5.60 Å². The van der Waals surface area contributed by atoms with Gasteiger partial charge in [-0.1, -0.05) is 0 Å². The molecule has 0 saturated carbocycles. The lowest BCUT2D eigenvalue weighted by atomic mass is 9.90. The summed E-state index contributed by atoms with van der Waals surface area (Å²) in [6, 6.07) is 0. The third-order valence-corrected chi connectivity index (χ3v) is 3.80. The number of aryl methyl sites for hydroxylation is 2. The van der Waals surface area contributed by atoms with E-state index in [4.69, 9.17) is 0 Å². The largest absolute Gasteiger partial charge is 0.390 e. The minimum Gasteiger partial charge on any atom is -0.390 e. The highest BCUT2D eigenvalue weighted by Crippen LogP contribution is 2.28. The molecule has 5 heteroatoms. The minimum atomic E-state index is -0.726. The number of likely N-dealkylation sites (tertiary alicyclic amines) is 1. The van der Waals surface area contributed by atoms with Gasteiger partial charge in [-0.25, -0.2) is 4.98 Å². The molecular formula is C13H21N3O2. The van der Waals surface area contributed by atoms with Crippen LogP contribution in [-0.4, -0.2) is 44.2 Å². The lowest BCUT2D eigenvalue weighted by Crippen LogP contribution is -2.36. The number of imidazole rings is 1. The van der Waals surface area contributed by atoms with Crippen molar-refractivity contribution in [3.05, 3.63) is 17.7 Å². The Bertz CT molecular complexity index is 440. The minimum absolute atomic E-state index is 0.0132. The van der Waals surface area contributed by atoms with E-state index in [9.17, 15) is 9.90 Å². The Morgan fingerprint density at radius 3 is 2.67 bits per heavy atom. The number of hydrogen-bond acceptors (Lipinski definition) is 3. The summed E-state index contributed by atoms with van der Waals surface area (Å²) in [5.74, 6) is 0.161. The molecule has 1 N–H and O–H groups in total. The predicted octanol–water partition coefficient (Wildman–Crippen LogP) is 0.962. The fourth-order valence-corrected chi connectivity index (χ4v) is 2.52. The first kappa shape index (κ1) is 13.1. The first-order chi connectivity index (χ1) is 8.30. The number of rotatable bonds is 2. The molecular weight excluding hydrogens is 230 g/mol. The molecule has 18 heavy (non-hydrogen) atoms. The number of aromatic nitrogens is 2. The van der Waals surface area contributed by atoms with Gasteiger partial charge in [-0.2, -0.15) is 0 Å². The van der Waals surface area contributed by atoms with Gasteiger partial charge in [-0.3, -0.25) is 4.79 Å². The Morgan fingerprint density at radius 1 is 1.56 bits per heavy atom. The number of aliphatic hydroxyl groups is 1. The van der Waals surface area contributed by atoms with E-state index in [1.165, 1.54) is 0 Å². The Kier molecular flexibility index (Phi) is 3.19. The number of hydrogen-bond donors (Lipinski definition) is 1. The van der Waals surface area contributed by atoms with Crippen LogP contribution in [0.3, 0.4) is 0 Å². The first-order valence-electron chi connectivity index (χ1n) is 6.30. The monoisotopic (exact) mass is 251 g/mol. The molecule has 0 aliphatic carbocycles. The van der Waals surface area contributed by atoms with Gasteiger partial charge in [-0.15, -0.1) is 0 Å². The molecule has 0 aromatic carbocycles. The molecule has 2 heterocycles. The average molecular weight is 251 g/mol. The van der Waals surface area contributed by atoms with Gasteiger partial charge < -0.3 is 14.6 Å². The summed E-state index contributed by atoms with van der Waals surface area (Å²) in [6.07, 6.45) is 2.51. The molecule has 2 rings (SSSR count). The van der Waals surface area contributed by atoms with E-state index >= 15 is 0 Å². The van der Waals surface area contributed by atoms with Crippen molar-refractivity contribution in [2.75, 3.05) is 13.1 Å². The lowest BCUT2D eigenvalue weighted by molar-refractivity contribution is 0.0210. The van der Waals surface area contributed by atoms with Crippen LogP contribution in [0, 0.1) is 12.8 Å². The summed E-state index contributed by atoms with van der Waals surface area (Å²) in [7, 11) is 1.83. The molecule has 0 unspecified atom stereocenters. The van der Waals surface area contributed by atoms with Crippen molar-refractivity contribution in [3.63, 3.8) is 0 Å². The van der Waals surface area contributed by atoms with Crippen LogP contribution >= 0.6 is 0 Å². The van der Waals surface area contributed by atoms with Gasteiger partial charge in [-0.05, 0) is 27.2 Å². The second-order valence-corrected chi connectivity index (χ2v) is 5.68. The summed E-state index contributed by atoms with van der Waals surface area (Å²) in [6.45, 7) is 6.78. The van der Waals surface area contributed by atoms with Crippen molar-refractivity contribution < 1.29 is 9.90 Å². The summed E-state index contributed by atoms with van der Waals surface area (Å²) < 4.78 is 1.76. The van der Waals surface area contributed by atoms with Gasteiger partial charge in [0, 0.05) is 26.1 Å². The lowest BCUT2D eigenvalue weighted by Gasteiger charge is -2.25. The Hall–Kier alpha value is -1.36. The maximum absolute atomic E-state index is 12.4. The molecule has 1 saturated heterocycles. The van der Waals surface area contributed by atoms with Gasteiger partial charge in [0.05, 0.1) is 17.6 Å².